The third-order valence-corrected chi connectivity index (χ3v) is 7.58. The maximum absolute atomic E-state index is 12.6. The van der Waals surface area contributed by atoms with Gasteiger partial charge in [-0.25, -0.2) is 0 Å². The number of nitrogens with zero attached hydrogens (tertiary/aromatic N) is 3. The number of rotatable bonds is 6. The van der Waals surface area contributed by atoms with E-state index >= 15 is 0 Å². The zero-order valence-corrected chi connectivity index (χ0v) is 19.1. The normalized spacial score (nSPS) is 26.3. The van der Waals surface area contributed by atoms with E-state index in [2.05, 4.69) is 57.6 Å². The number of piperazine rings is 1. The van der Waals surface area contributed by atoms with Gasteiger partial charge in [-0.3, -0.25) is 14.5 Å². The van der Waals surface area contributed by atoms with Gasteiger partial charge in [-0.05, 0) is 43.7 Å². The van der Waals surface area contributed by atoms with Crippen molar-refractivity contribution in [3.05, 3.63) is 36.0 Å². The molecule has 0 aliphatic carbocycles. The minimum atomic E-state index is -0.0798. The molecule has 3 fully saturated rings. The summed E-state index contributed by atoms with van der Waals surface area (Å²) < 4.78 is 2.17. The molecule has 2 aromatic rings. The fraction of sp³-hybridized carbons (Fsp3) is 0.600. The summed E-state index contributed by atoms with van der Waals surface area (Å²) in [6.07, 6.45) is 7.92. The maximum atomic E-state index is 12.6. The summed E-state index contributed by atoms with van der Waals surface area (Å²) in [7, 11) is 2.09. The molecule has 3 aliphatic rings. The quantitative estimate of drug-likeness (QED) is 0.725. The number of aryl methyl sites for hydroxylation is 1. The van der Waals surface area contributed by atoms with Crippen LogP contribution in [0.5, 0.6) is 0 Å². The first-order valence-corrected chi connectivity index (χ1v) is 12.2. The highest BCUT2D eigenvalue weighted by atomic mass is 16.2. The Morgan fingerprint density at radius 3 is 2.84 bits per heavy atom. The molecule has 4 heterocycles. The topological polar surface area (TPSA) is 69.6 Å². The van der Waals surface area contributed by atoms with Crippen LogP contribution in [0.15, 0.2) is 30.5 Å². The molecule has 0 unspecified atom stereocenters. The van der Waals surface area contributed by atoms with Crippen LogP contribution < -0.4 is 10.6 Å². The molecule has 2 N–H and O–H groups in total. The Labute approximate surface area is 190 Å². The Kier molecular flexibility index (Phi) is 6.20. The summed E-state index contributed by atoms with van der Waals surface area (Å²) in [6.45, 7) is 4.13. The van der Waals surface area contributed by atoms with E-state index in [1.54, 1.807) is 0 Å². The molecule has 3 aliphatic heterocycles. The van der Waals surface area contributed by atoms with Gasteiger partial charge >= 0.3 is 0 Å². The van der Waals surface area contributed by atoms with Crippen LogP contribution in [0.3, 0.4) is 0 Å². The lowest BCUT2D eigenvalue weighted by atomic mass is 10.0. The molecule has 172 valence electrons. The number of nitrogens with one attached hydrogen (secondary N) is 2. The van der Waals surface area contributed by atoms with Crippen molar-refractivity contribution in [1.29, 1.82) is 0 Å². The van der Waals surface area contributed by atoms with E-state index in [-0.39, 0.29) is 29.9 Å². The lowest BCUT2D eigenvalue weighted by molar-refractivity contribution is -0.133. The summed E-state index contributed by atoms with van der Waals surface area (Å²) in [5.74, 6) is 0.418. The number of para-hydroxylation sites is 1. The minimum absolute atomic E-state index is 0.0798. The molecule has 0 radical (unpaired) electrons. The zero-order valence-electron chi connectivity index (χ0n) is 19.1. The number of hydrogen-bond donors (Lipinski definition) is 2. The Morgan fingerprint density at radius 2 is 2.00 bits per heavy atom. The number of hydrogen-bond acceptors (Lipinski definition) is 4. The molecule has 0 bridgehead atoms. The second kappa shape index (κ2) is 9.24. The number of fused-ring (bicyclic) bond motifs is 2. The zero-order chi connectivity index (χ0) is 22.1. The van der Waals surface area contributed by atoms with Crippen molar-refractivity contribution in [1.82, 2.24) is 25.0 Å². The lowest BCUT2D eigenvalue weighted by Crippen LogP contribution is -2.58. The van der Waals surface area contributed by atoms with Crippen molar-refractivity contribution in [2.24, 2.45) is 7.05 Å². The van der Waals surface area contributed by atoms with Crippen LogP contribution in [0.25, 0.3) is 10.9 Å². The minimum Gasteiger partial charge on any atom is -0.353 e. The van der Waals surface area contributed by atoms with Crippen LogP contribution in [0, 0.1) is 0 Å². The molecule has 7 heteroatoms. The van der Waals surface area contributed by atoms with E-state index in [1.807, 2.05) is 4.90 Å². The molecular formula is C25H35N5O2. The average Bonchev–Trinajstić information content (AvgIpc) is 3.40. The summed E-state index contributed by atoms with van der Waals surface area (Å²) in [5.41, 5.74) is 2.53. The molecule has 0 spiro atoms. The van der Waals surface area contributed by atoms with E-state index in [0.717, 1.165) is 51.9 Å². The SMILES string of the molecule is Cn1cc(CN[C@H]2C[C@H]3C(=O)NC[C@@H](CCC(=O)N4CCCCC4)N3C2)c2ccccc21. The highest BCUT2D eigenvalue weighted by Gasteiger charge is 2.43. The number of benzene rings is 1. The van der Waals surface area contributed by atoms with E-state index in [1.165, 1.54) is 22.9 Å². The van der Waals surface area contributed by atoms with Gasteiger partial charge < -0.3 is 20.1 Å². The van der Waals surface area contributed by atoms with Gasteiger partial charge in [0.2, 0.25) is 11.8 Å². The number of carbonyl (C=O) groups is 2. The van der Waals surface area contributed by atoms with Gasteiger partial charge in [0, 0.05) is 75.4 Å². The van der Waals surface area contributed by atoms with Crippen LogP contribution >= 0.6 is 0 Å². The Hall–Kier alpha value is -2.38. The highest BCUT2D eigenvalue weighted by molar-refractivity contribution is 5.84. The molecule has 32 heavy (non-hydrogen) atoms. The smallest absolute Gasteiger partial charge is 0.237 e. The molecule has 3 atom stereocenters. The third-order valence-electron chi connectivity index (χ3n) is 7.58. The summed E-state index contributed by atoms with van der Waals surface area (Å²) >= 11 is 0. The van der Waals surface area contributed by atoms with Gasteiger partial charge in [0.05, 0.1) is 6.04 Å². The molecule has 5 rings (SSSR count). The summed E-state index contributed by atoms with van der Waals surface area (Å²) in [4.78, 5) is 29.6. The van der Waals surface area contributed by atoms with Gasteiger partial charge in [0.15, 0.2) is 0 Å². The molecule has 1 aromatic heterocycles. The predicted octanol–water partition coefficient (Wildman–Crippen LogP) is 2.00. The maximum Gasteiger partial charge on any atom is 0.237 e. The van der Waals surface area contributed by atoms with Crippen molar-refractivity contribution in [2.45, 2.75) is 63.2 Å². The predicted molar refractivity (Wildman–Crippen MR) is 125 cm³/mol. The van der Waals surface area contributed by atoms with Crippen LogP contribution in [0.1, 0.15) is 44.1 Å². The van der Waals surface area contributed by atoms with Crippen LogP contribution in [0.2, 0.25) is 0 Å². The van der Waals surface area contributed by atoms with Gasteiger partial charge in [-0.15, -0.1) is 0 Å². The van der Waals surface area contributed by atoms with Crippen molar-refractivity contribution in [3.63, 3.8) is 0 Å². The van der Waals surface area contributed by atoms with Crippen molar-refractivity contribution in [2.75, 3.05) is 26.2 Å². The molecular weight excluding hydrogens is 402 g/mol. The standard InChI is InChI=1S/C25H35N5O2/c1-28-16-18(21-7-3-4-8-22(21)28)14-26-19-13-23-25(32)27-15-20(30(23)17-19)9-10-24(31)29-11-5-2-6-12-29/h3-4,7-8,16,19-20,23,26H,2,5-6,9-15,17H2,1H3,(H,27,32)/t19-,20+,23-/m0/s1. The average molecular weight is 438 g/mol. The first-order valence-electron chi connectivity index (χ1n) is 12.2. The number of amides is 2. The highest BCUT2D eigenvalue weighted by Crippen LogP contribution is 2.27. The molecule has 2 amide bonds. The Balaban J connectivity index is 1.18. The molecule has 0 saturated carbocycles. The first kappa shape index (κ1) is 21.5. The number of carbonyl (C=O) groups excluding carboxylic acids is 2. The monoisotopic (exact) mass is 437 g/mol. The van der Waals surface area contributed by atoms with Crippen LogP contribution in [-0.2, 0) is 23.2 Å². The second-order valence-corrected chi connectivity index (χ2v) is 9.69. The van der Waals surface area contributed by atoms with E-state index in [4.69, 9.17) is 0 Å². The van der Waals surface area contributed by atoms with Crippen molar-refractivity contribution < 1.29 is 9.59 Å². The number of aromatic nitrogens is 1. The summed E-state index contributed by atoms with van der Waals surface area (Å²) in [5, 5.41) is 8.08. The number of piperidine rings is 1. The Morgan fingerprint density at radius 1 is 1.19 bits per heavy atom. The molecule has 7 nitrogen and oxygen atoms in total. The van der Waals surface area contributed by atoms with Crippen molar-refractivity contribution in [3.8, 4) is 0 Å². The third kappa shape index (κ3) is 4.28. The van der Waals surface area contributed by atoms with E-state index < -0.39 is 0 Å². The second-order valence-electron chi connectivity index (χ2n) is 9.69. The fourth-order valence-electron chi connectivity index (χ4n) is 5.80. The number of likely N-dealkylation sites (tertiary alicyclic amines) is 1. The summed E-state index contributed by atoms with van der Waals surface area (Å²) in [6, 6.07) is 8.93. The van der Waals surface area contributed by atoms with E-state index in [0.29, 0.717) is 13.0 Å². The van der Waals surface area contributed by atoms with Gasteiger partial charge in [-0.1, -0.05) is 18.2 Å². The first-order chi connectivity index (χ1) is 15.6. The molecule has 1 aromatic carbocycles. The van der Waals surface area contributed by atoms with Gasteiger partial charge in [0.1, 0.15) is 0 Å². The van der Waals surface area contributed by atoms with Crippen molar-refractivity contribution >= 4 is 22.7 Å². The fourth-order valence-corrected chi connectivity index (χ4v) is 5.80. The van der Waals surface area contributed by atoms with Crippen LogP contribution in [0.4, 0.5) is 0 Å². The van der Waals surface area contributed by atoms with E-state index in [9.17, 15) is 9.59 Å². The Bertz CT molecular complexity index is 980. The molecule has 3 saturated heterocycles. The largest absolute Gasteiger partial charge is 0.353 e. The lowest BCUT2D eigenvalue weighted by Gasteiger charge is -2.37. The van der Waals surface area contributed by atoms with Gasteiger partial charge in [-0.2, -0.15) is 0 Å². The van der Waals surface area contributed by atoms with Gasteiger partial charge in [0.25, 0.3) is 0 Å². The van der Waals surface area contributed by atoms with Crippen LogP contribution in [-0.4, -0.2) is 70.5 Å².